The highest BCUT2D eigenvalue weighted by Crippen LogP contribution is 2.36. The summed E-state index contributed by atoms with van der Waals surface area (Å²) in [5.41, 5.74) is 3.08. The van der Waals surface area contributed by atoms with Crippen LogP contribution in [-0.4, -0.2) is 34.9 Å². The minimum absolute atomic E-state index is 0.115. The maximum absolute atomic E-state index is 15.3. The van der Waals surface area contributed by atoms with Crippen LogP contribution in [0.25, 0.3) is 0 Å². The number of carbonyl (C=O) groups is 1. The second kappa shape index (κ2) is 11.8. The summed E-state index contributed by atoms with van der Waals surface area (Å²) in [5, 5.41) is 12.8. The van der Waals surface area contributed by atoms with Crippen LogP contribution >= 0.6 is 0 Å². The van der Waals surface area contributed by atoms with E-state index in [4.69, 9.17) is 4.74 Å². The van der Waals surface area contributed by atoms with Gasteiger partial charge in [-0.3, -0.25) is 5.10 Å². The van der Waals surface area contributed by atoms with E-state index >= 15 is 4.39 Å². The molecule has 3 rings (SSSR count). The van der Waals surface area contributed by atoms with Gasteiger partial charge in [0.1, 0.15) is 11.9 Å². The largest absolute Gasteiger partial charge is 0.446 e. The second-order valence-corrected chi connectivity index (χ2v) is 9.75. The number of anilines is 2. The van der Waals surface area contributed by atoms with Crippen molar-refractivity contribution in [1.82, 2.24) is 15.5 Å². The minimum Gasteiger partial charge on any atom is -0.446 e. The number of hydrogen-bond donors (Lipinski definition) is 3. The van der Waals surface area contributed by atoms with Gasteiger partial charge in [0.05, 0.1) is 5.69 Å². The molecule has 0 aliphatic heterocycles. The van der Waals surface area contributed by atoms with Gasteiger partial charge in [0.15, 0.2) is 5.82 Å². The number of hydrogen-bond acceptors (Lipinski definition) is 4. The molecule has 1 saturated carbocycles. The van der Waals surface area contributed by atoms with Crippen molar-refractivity contribution in [2.24, 2.45) is 5.92 Å². The van der Waals surface area contributed by atoms with Gasteiger partial charge in [-0.1, -0.05) is 33.3 Å². The van der Waals surface area contributed by atoms with E-state index in [1.54, 1.807) is 6.07 Å². The number of amides is 1. The molecule has 1 aliphatic rings. The summed E-state index contributed by atoms with van der Waals surface area (Å²) in [6, 6.07) is 5.59. The summed E-state index contributed by atoms with van der Waals surface area (Å²) >= 11 is 0. The van der Waals surface area contributed by atoms with E-state index in [2.05, 4.69) is 34.7 Å². The van der Waals surface area contributed by atoms with Gasteiger partial charge in [0.25, 0.3) is 0 Å². The zero-order valence-electron chi connectivity index (χ0n) is 21.0. The lowest BCUT2D eigenvalue weighted by molar-refractivity contribution is 0.0129. The Morgan fingerprint density at radius 1 is 1.31 bits per heavy atom. The lowest BCUT2D eigenvalue weighted by atomic mass is 9.93. The summed E-state index contributed by atoms with van der Waals surface area (Å²) in [5.74, 6) is -2.01. The molecule has 0 radical (unpaired) electrons. The van der Waals surface area contributed by atoms with E-state index in [0.29, 0.717) is 36.7 Å². The molecule has 194 valence electrons. The monoisotopic (exact) mass is 494 g/mol. The lowest BCUT2D eigenvalue weighted by Gasteiger charge is -2.16. The zero-order valence-corrected chi connectivity index (χ0v) is 21.0. The molecular formula is C26H37F3N4O2. The maximum atomic E-state index is 15.3. The van der Waals surface area contributed by atoms with Crippen molar-refractivity contribution in [3.8, 4) is 0 Å². The summed E-state index contributed by atoms with van der Waals surface area (Å²) < 4.78 is 46.5. The van der Waals surface area contributed by atoms with Crippen LogP contribution in [0.1, 0.15) is 82.5 Å². The SMILES string of the molecule is CCc1ccc(Nc2cc(C3CCC(OC(=O)NCCC(C)(F)F)C3)[nH]n2)c(F)c1CC(C)CC. The minimum atomic E-state index is -2.82. The highest BCUT2D eigenvalue weighted by molar-refractivity contribution is 5.67. The lowest BCUT2D eigenvalue weighted by Crippen LogP contribution is -2.31. The Labute approximate surface area is 205 Å². The normalized spacial score (nSPS) is 18.9. The summed E-state index contributed by atoms with van der Waals surface area (Å²) in [4.78, 5) is 11.9. The number of carbonyl (C=O) groups excluding carboxylic acids is 1. The van der Waals surface area contributed by atoms with Crippen molar-refractivity contribution in [2.75, 3.05) is 11.9 Å². The quantitative estimate of drug-likeness (QED) is 0.319. The third-order valence-electron chi connectivity index (χ3n) is 6.76. The summed E-state index contributed by atoms with van der Waals surface area (Å²) in [6.45, 7) is 6.96. The highest BCUT2D eigenvalue weighted by Gasteiger charge is 2.30. The van der Waals surface area contributed by atoms with Crippen molar-refractivity contribution >= 4 is 17.6 Å². The molecule has 3 N–H and O–H groups in total. The Morgan fingerprint density at radius 2 is 2.09 bits per heavy atom. The van der Waals surface area contributed by atoms with Gasteiger partial charge < -0.3 is 15.4 Å². The number of benzene rings is 1. The molecule has 2 aromatic rings. The number of halogens is 3. The van der Waals surface area contributed by atoms with E-state index in [1.807, 2.05) is 19.1 Å². The third kappa shape index (κ3) is 7.64. The van der Waals surface area contributed by atoms with Crippen LogP contribution < -0.4 is 10.6 Å². The molecule has 1 fully saturated rings. The van der Waals surface area contributed by atoms with Gasteiger partial charge in [-0.15, -0.1) is 0 Å². The first kappa shape index (κ1) is 26.9. The van der Waals surface area contributed by atoms with Crippen molar-refractivity contribution in [1.29, 1.82) is 0 Å². The Balaban J connectivity index is 1.57. The van der Waals surface area contributed by atoms with Crippen LogP contribution in [0.4, 0.5) is 29.5 Å². The molecule has 3 unspecified atom stereocenters. The second-order valence-electron chi connectivity index (χ2n) is 9.75. The first-order chi connectivity index (χ1) is 16.6. The number of alkyl carbamates (subject to hydrolysis) is 1. The van der Waals surface area contributed by atoms with Gasteiger partial charge in [0.2, 0.25) is 5.92 Å². The Bertz CT molecular complexity index is 989. The molecule has 1 amide bonds. The average molecular weight is 495 g/mol. The third-order valence-corrected chi connectivity index (χ3v) is 6.76. The molecule has 6 nitrogen and oxygen atoms in total. The van der Waals surface area contributed by atoms with E-state index in [-0.39, 0.29) is 24.4 Å². The molecule has 35 heavy (non-hydrogen) atoms. The van der Waals surface area contributed by atoms with E-state index in [0.717, 1.165) is 43.0 Å². The van der Waals surface area contributed by atoms with E-state index in [9.17, 15) is 13.6 Å². The van der Waals surface area contributed by atoms with Crippen LogP contribution in [-0.2, 0) is 17.6 Å². The zero-order chi connectivity index (χ0) is 25.6. The Hall–Kier alpha value is -2.71. The molecule has 1 heterocycles. The van der Waals surface area contributed by atoms with Crippen molar-refractivity contribution < 1.29 is 22.7 Å². The van der Waals surface area contributed by atoms with E-state index in [1.165, 1.54) is 0 Å². The van der Waals surface area contributed by atoms with Crippen LogP contribution in [0.5, 0.6) is 0 Å². The van der Waals surface area contributed by atoms with Gasteiger partial charge in [0, 0.05) is 30.6 Å². The first-order valence-corrected chi connectivity index (χ1v) is 12.5. The molecule has 0 spiro atoms. The number of aryl methyl sites for hydroxylation is 1. The average Bonchev–Trinajstić information content (AvgIpc) is 3.45. The molecule has 3 atom stereocenters. The predicted octanol–water partition coefficient (Wildman–Crippen LogP) is 6.85. The first-order valence-electron chi connectivity index (χ1n) is 12.5. The Kier molecular flexibility index (Phi) is 9.08. The smallest absolute Gasteiger partial charge is 0.407 e. The number of rotatable bonds is 11. The number of aromatic nitrogens is 2. The number of alkyl halides is 2. The van der Waals surface area contributed by atoms with Crippen LogP contribution in [0.2, 0.25) is 0 Å². The number of nitrogens with one attached hydrogen (secondary N) is 3. The number of aromatic amines is 1. The van der Waals surface area contributed by atoms with Crippen molar-refractivity contribution in [3.05, 3.63) is 40.8 Å². The molecule has 1 aromatic carbocycles. The number of nitrogens with zero attached hydrogens (tertiary/aromatic N) is 1. The number of H-pyrrole nitrogens is 1. The fourth-order valence-corrected chi connectivity index (χ4v) is 4.46. The molecule has 1 aliphatic carbocycles. The molecule has 0 bridgehead atoms. The topological polar surface area (TPSA) is 79.0 Å². The van der Waals surface area contributed by atoms with Crippen molar-refractivity contribution in [2.45, 2.75) is 90.6 Å². The predicted molar refractivity (Wildman–Crippen MR) is 131 cm³/mol. The van der Waals surface area contributed by atoms with Gasteiger partial charge in [-0.25, -0.2) is 18.0 Å². The molecule has 9 heteroatoms. The molecular weight excluding hydrogens is 457 g/mol. The Morgan fingerprint density at radius 3 is 2.77 bits per heavy atom. The summed E-state index contributed by atoms with van der Waals surface area (Å²) in [6.07, 6.45) is 3.16. The molecule has 1 aromatic heterocycles. The fraction of sp³-hybridized carbons (Fsp3) is 0.615. The van der Waals surface area contributed by atoms with Gasteiger partial charge >= 0.3 is 6.09 Å². The van der Waals surface area contributed by atoms with Gasteiger partial charge in [-0.2, -0.15) is 5.10 Å². The standard InChI is InChI=1S/C26H37F3N4O2/c1-5-16(3)13-20-17(6-2)8-10-21(24(20)27)31-23-15-22(32-33-23)18-7-9-19(14-18)35-25(34)30-12-11-26(4,28)29/h8,10,15-16,18-19H,5-7,9,11-14H2,1-4H3,(H,30,34)(H2,31,32,33). The maximum Gasteiger partial charge on any atom is 0.407 e. The van der Waals surface area contributed by atoms with E-state index < -0.39 is 18.4 Å². The van der Waals surface area contributed by atoms with Gasteiger partial charge in [-0.05, 0) is 62.1 Å². The van der Waals surface area contributed by atoms with Crippen LogP contribution in [0.15, 0.2) is 18.2 Å². The summed E-state index contributed by atoms with van der Waals surface area (Å²) in [7, 11) is 0. The van der Waals surface area contributed by atoms with Crippen molar-refractivity contribution in [3.63, 3.8) is 0 Å². The van der Waals surface area contributed by atoms with Crippen LogP contribution in [0, 0.1) is 11.7 Å². The molecule has 0 saturated heterocycles. The highest BCUT2D eigenvalue weighted by atomic mass is 19.3. The fourth-order valence-electron chi connectivity index (χ4n) is 4.46. The van der Waals surface area contributed by atoms with Crippen LogP contribution in [0.3, 0.4) is 0 Å². The number of ether oxygens (including phenoxy) is 1.